The first kappa shape index (κ1) is 12.6. The van der Waals surface area contributed by atoms with E-state index >= 15 is 0 Å². The third kappa shape index (κ3) is 2.69. The Balaban J connectivity index is 1.92. The summed E-state index contributed by atoms with van der Waals surface area (Å²) >= 11 is 0. The average Bonchev–Trinajstić information content (AvgIpc) is 2.88. The molecule has 96 valence electrons. The van der Waals surface area contributed by atoms with Crippen LogP contribution >= 0.6 is 0 Å². The van der Waals surface area contributed by atoms with Crippen LogP contribution in [0.15, 0.2) is 0 Å². The fourth-order valence-electron chi connectivity index (χ4n) is 2.67. The van der Waals surface area contributed by atoms with Crippen molar-refractivity contribution in [1.29, 1.82) is 0 Å². The predicted octanol–water partition coefficient (Wildman–Crippen LogP) is 0.873. The Morgan fingerprint density at radius 2 is 2.24 bits per heavy atom. The van der Waals surface area contributed by atoms with Crippen LogP contribution in [0.2, 0.25) is 0 Å². The molecule has 0 aliphatic carbocycles. The predicted molar refractivity (Wildman–Crippen MR) is 70.3 cm³/mol. The molecule has 2 rings (SSSR count). The Kier molecular flexibility index (Phi) is 3.84. The highest BCUT2D eigenvalue weighted by molar-refractivity contribution is 5.24. The molecule has 0 spiro atoms. The summed E-state index contributed by atoms with van der Waals surface area (Å²) in [5.41, 5.74) is 3.91. The van der Waals surface area contributed by atoms with Gasteiger partial charge in [0, 0.05) is 31.9 Å². The summed E-state index contributed by atoms with van der Waals surface area (Å²) in [6, 6.07) is 0.715. The Hall–Kier alpha value is -0.870. The largest absolute Gasteiger partial charge is 0.315 e. The lowest BCUT2D eigenvalue weighted by molar-refractivity contribution is 0.260. The van der Waals surface area contributed by atoms with Gasteiger partial charge < -0.3 is 10.2 Å². The molecule has 4 heteroatoms. The monoisotopic (exact) mass is 236 g/mol. The van der Waals surface area contributed by atoms with Crippen LogP contribution in [-0.2, 0) is 13.5 Å². The van der Waals surface area contributed by atoms with Gasteiger partial charge in [0.05, 0.1) is 5.69 Å². The maximum absolute atomic E-state index is 4.47. The second-order valence-corrected chi connectivity index (χ2v) is 5.15. The number of rotatable bonds is 4. The van der Waals surface area contributed by atoms with Crippen molar-refractivity contribution < 1.29 is 0 Å². The molecule has 1 aromatic heterocycles. The Bertz CT molecular complexity index is 377. The van der Waals surface area contributed by atoms with E-state index in [9.17, 15) is 0 Å². The first-order chi connectivity index (χ1) is 8.09. The number of aromatic nitrogens is 2. The fourth-order valence-corrected chi connectivity index (χ4v) is 2.67. The third-order valence-electron chi connectivity index (χ3n) is 4.03. The lowest BCUT2D eigenvalue weighted by Gasteiger charge is -2.23. The zero-order valence-corrected chi connectivity index (χ0v) is 11.5. The molecule has 1 aliphatic heterocycles. The average molecular weight is 236 g/mol. The SMILES string of the molecule is Cc1nn(C)c(C)c1CCN(C)C1CCNC1. The van der Waals surface area contributed by atoms with Gasteiger partial charge in [0.25, 0.3) is 0 Å². The molecule has 0 saturated carbocycles. The molecule has 4 nitrogen and oxygen atoms in total. The van der Waals surface area contributed by atoms with Gasteiger partial charge in [0.2, 0.25) is 0 Å². The van der Waals surface area contributed by atoms with Gasteiger partial charge in [-0.2, -0.15) is 5.10 Å². The van der Waals surface area contributed by atoms with E-state index in [0.717, 1.165) is 19.5 Å². The molecule has 17 heavy (non-hydrogen) atoms. The molecule has 0 radical (unpaired) electrons. The molecule has 0 aromatic carbocycles. The molecule has 0 bridgehead atoms. The summed E-state index contributed by atoms with van der Waals surface area (Å²) in [6.45, 7) is 7.70. The van der Waals surface area contributed by atoms with Crippen LogP contribution in [0, 0.1) is 13.8 Å². The summed E-state index contributed by atoms with van der Waals surface area (Å²) in [4.78, 5) is 2.48. The van der Waals surface area contributed by atoms with E-state index in [1.807, 2.05) is 11.7 Å². The van der Waals surface area contributed by atoms with Crippen LogP contribution in [0.5, 0.6) is 0 Å². The van der Waals surface area contributed by atoms with E-state index in [1.165, 1.54) is 29.9 Å². The van der Waals surface area contributed by atoms with Gasteiger partial charge in [-0.25, -0.2) is 0 Å². The summed E-state index contributed by atoms with van der Waals surface area (Å²) in [7, 11) is 4.26. The first-order valence-electron chi connectivity index (χ1n) is 6.49. The minimum Gasteiger partial charge on any atom is -0.315 e. The first-order valence-corrected chi connectivity index (χ1v) is 6.49. The molecular formula is C13H24N4. The van der Waals surface area contributed by atoms with Crippen LogP contribution in [0.1, 0.15) is 23.4 Å². The fraction of sp³-hybridized carbons (Fsp3) is 0.769. The summed E-state index contributed by atoms with van der Waals surface area (Å²) in [5, 5.41) is 7.89. The molecule has 1 unspecified atom stereocenters. The van der Waals surface area contributed by atoms with Crippen LogP contribution in [-0.4, -0.2) is 47.4 Å². The highest BCUT2D eigenvalue weighted by atomic mass is 15.3. The van der Waals surface area contributed by atoms with E-state index in [0.29, 0.717) is 6.04 Å². The van der Waals surface area contributed by atoms with Gasteiger partial charge in [-0.1, -0.05) is 0 Å². The maximum Gasteiger partial charge on any atom is 0.0628 e. The van der Waals surface area contributed by atoms with Crippen molar-refractivity contribution in [3.63, 3.8) is 0 Å². The third-order valence-corrected chi connectivity index (χ3v) is 4.03. The number of aryl methyl sites for hydroxylation is 2. The summed E-state index contributed by atoms with van der Waals surface area (Å²) < 4.78 is 1.99. The molecule has 2 heterocycles. The Morgan fingerprint density at radius 1 is 1.47 bits per heavy atom. The van der Waals surface area contributed by atoms with Crippen molar-refractivity contribution in [2.75, 3.05) is 26.7 Å². The lowest BCUT2D eigenvalue weighted by atomic mass is 10.1. The van der Waals surface area contributed by atoms with Crippen molar-refractivity contribution in [2.24, 2.45) is 7.05 Å². The number of hydrogen-bond donors (Lipinski definition) is 1. The number of nitrogens with zero attached hydrogens (tertiary/aromatic N) is 3. The summed E-state index contributed by atoms with van der Waals surface area (Å²) in [6.07, 6.45) is 2.39. The van der Waals surface area contributed by atoms with E-state index in [1.54, 1.807) is 0 Å². The second-order valence-electron chi connectivity index (χ2n) is 5.15. The van der Waals surface area contributed by atoms with Crippen LogP contribution in [0.4, 0.5) is 0 Å². The van der Waals surface area contributed by atoms with Crippen molar-refractivity contribution in [1.82, 2.24) is 20.0 Å². The van der Waals surface area contributed by atoms with E-state index in [-0.39, 0.29) is 0 Å². The van der Waals surface area contributed by atoms with Crippen LogP contribution in [0.3, 0.4) is 0 Å². The highest BCUT2D eigenvalue weighted by Gasteiger charge is 2.19. The number of nitrogens with one attached hydrogen (secondary N) is 1. The quantitative estimate of drug-likeness (QED) is 0.842. The van der Waals surface area contributed by atoms with Gasteiger partial charge >= 0.3 is 0 Å². The van der Waals surface area contributed by atoms with Crippen molar-refractivity contribution in [2.45, 2.75) is 32.7 Å². The molecule has 1 atom stereocenters. The highest BCUT2D eigenvalue weighted by Crippen LogP contribution is 2.14. The van der Waals surface area contributed by atoms with Crippen molar-refractivity contribution >= 4 is 0 Å². The van der Waals surface area contributed by atoms with Gasteiger partial charge in [0.1, 0.15) is 0 Å². The Morgan fingerprint density at radius 3 is 2.76 bits per heavy atom. The second kappa shape index (κ2) is 5.19. The normalized spacial score (nSPS) is 20.4. The van der Waals surface area contributed by atoms with E-state index in [2.05, 4.69) is 36.2 Å². The minimum atomic E-state index is 0.715. The van der Waals surface area contributed by atoms with Crippen LogP contribution in [0.25, 0.3) is 0 Å². The maximum atomic E-state index is 4.47. The zero-order valence-electron chi connectivity index (χ0n) is 11.5. The molecule has 1 aliphatic rings. The summed E-state index contributed by atoms with van der Waals surface area (Å²) in [5.74, 6) is 0. The standard InChI is InChI=1S/C13H24N4/c1-10-13(11(2)17(4)15-10)6-8-16(3)12-5-7-14-9-12/h12,14H,5-9H2,1-4H3. The van der Waals surface area contributed by atoms with Crippen molar-refractivity contribution in [3.05, 3.63) is 17.0 Å². The molecule has 0 amide bonds. The van der Waals surface area contributed by atoms with E-state index < -0.39 is 0 Å². The lowest BCUT2D eigenvalue weighted by Crippen LogP contribution is -2.34. The molecule has 1 saturated heterocycles. The smallest absolute Gasteiger partial charge is 0.0628 e. The molecule has 1 N–H and O–H groups in total. The van der Waals surface area contributed by atoms with Gasteiger partial charge in [-0.15, -0.1) is 0 Å². The van der Waals surface area contributed by atoms with Crippen LogP contribution < -0.4 is 5.32 Å². The van der Waals surface area contributed by atoms with Gasteiger partial charge in [0.15, 0.2) is 0 Å². The minimum absolute atomic E-state index is 0.715. The van der Waals surface area contributed by atoms with Crippen molar-refractivity contribution in [3.8, 4) is 0 Å². The zero-order chi connectivity index (χ0) is 12.4. The van der Waals surface area contributed by atoms with Gasteiger partial charge in [-0.05, 0) is 45.8 Å². The molecule has 1 aromatic rings. The molecular weight excluding hydrogens is 212 g/mol. The topological polar surface area (TPSA) is 33.1 Å². The number of hydrogen-bond acceptors (Lipinski definition) is 3. The number of likely N-dealkylation sites (N-methyl/N-ethyl adjacent to an activating group) is 1. The van der Waals surface area contributed by atoms with E-state index in [4.69, 9.17) is 0 Å². The van der Waals surface area contributed by atoms with Gasteiger partial charge in [-0.3, -0.25) is 4.68 Å². The Labute approximate surface area is 104 Å². The molecule has 1 fully saturated rings.